The number of hydrogen-bond donors (Lipinski definition) is 1. The molecule has 0 bridgehead atoms. The average molecular weight is 205 g/mol. The maximum absolute atomic E-state index is 6.06. The fourth-order valence-corrected chi connectivity index (χ4v) is 1.90. The van der Waals surface area contributed by atoms with Gasteiger partial charge >= 0.3 is 0 Å². The lowest BCUT2D eigenvalue weighted by Gasteiger charge is -2.10. The zero-order valence-electron chi connectivity index (χ0n) is 9.55. The zero-order chi connectivity index (χ0) is 10.9. The standard InChI is InChI=1S/C13H19NO/c1-10-9-11(3-4-12(10)15-2)5-6-13(14)7-8-13/h3-4,9H,5-8,14H2,1-2H3. The van der Waals surface area contributed by atoms with E-state index in [1.807, 2.05) is 6.07 Å². The Morgan fingerprint density at radius 2 is 2.13 bits per heavy atom. The fraction of sp³-hybridized carbons (Fsp3) is 0.538. The average Bonchev–Trinajstić information content (AvgIpc) is 2.95. The van der Waals surface area contributed by atoms with E-state index in [0.29, 0.717) is 0 Å². The quantitative estimate of drug-likeness (QED) is 0.819. The van der Waals surface area contributed by atoms with Gasteiger partial charge in [-0.2, -0.15) is 0 Å². The highest BCUT2D eigenvalue weighted by molar-refractivity contribution is 5.36. The van der Waals surface area contributed by atoms with E-state index in [0.717, 1.165) is 18.6 Å². The van der Waals surface area contributed by atoms with E-state index >= 15 is 0 Å². The molecule has 15 heavy (non-hydrogen) atoms. The van der Waals surface area contributed by atoms with Crippen LogP contribution in [0.25, 0.3) is 0 Å². The normalized spacial score (nSPS) is 17.5. The molecule has 1 aromatic carbocycles. The molecular weight excluding hydrogens is 186 g/mol. The molecule has 2 heteroatoms. The molecule has 0 spiro atoms. The summed E-state index contributed by atoms with van der Waals surface area (Å²) in [4.78, 5) is 0. The molecule has 2 nitrogen and oxygen atoms in total. The molecule has 0 heterocycles. The van der Waals surface area contributed by atoms with Gasteiger partial charge in [0.15, 0.2) is 0 Å². The molecule has 0 unspecified atom stereocenters. The molecule has 1 aliphatic rings. The SMILES string of the molecule is COc1ccc(CCC2(N)CC2)cc1C. The summed E-state index contributed by atoms with van der Waals surface area (Å²) < 4.78 is 5.23. The molecule has 2 N–H and O–H groups in total. The summed E-state index contributed by atoms with van der Waals surface area (Å²) in [5.74, 6) is 0.965. The van der Waals surface area contributed by atoms with Gasteiger partial charge in [-0.05, 0) is 49.8 Å². The van der Waals surface area contributed by atoms with Crippen molar-refractivity contribution in [3.63, 3.8) is 0 Å². The van der Waals surface area contributed by atoms with Gasteiger partial charge in [-0.25, -0.2) is 0 Å². The van der Waals surface area contributed by atoms with E-state index in [4.69, 9.17) is 10.5 Å². The fourth-order valence-electron chi connectivity index (χ4n) is 1.90. The first-order valence-electron chi connectivity index (χ1n) is 5.55. The van der Waals surface area contributed by atoms with Gasteiger partial charge < -0.3 is 10.5 Å². The van der Waals surface area contributed by atoms with E-state index in [9.17, 15) is 0 Å². The number of methoxy groups -OCH3 is 1. The molecule has 1 aliphatic carbocycles. The third-order valence-electron chi connectivity index (χ3n) is 3.26. The molecule has 0 aliphatic heterocycles. The van der Waals surface area contributed by atoms with Crippen molar-refractivity contribution in [1.82, 2.24) is 0 Å². The summed E-state index contributed by atoms with van der Waals surface area (Å²) in [6, 6.07) is 6.38. The van der Waals surface area contributed by atoms with Gasteiger partial charge in [-0.1, -0.05) is 12.1 Å². The van der Waals surface area contributed by atoms with Gasteiger partial charge in [0, 0.05) is 5.54 Å². The molecule has 0 saturated heterocycles. The lowest BCUT2D eigenvalue weighted by atomic mass is 10.0. The second-order valence-electron chi connectivity index (χ2n) is 4.67. The molecule has 1 fully saturated rings. The van der Waals surface area contributed by atoms with Crippen LogP contribution in [-0.2, 0) is 6.42 Å². The van der Waals surface area contributed by atoms with Crippen LogP contribution < -0.4 is 10.5 Å². The highest BCUT2D eigenvalue weighted by Crippen LogP contribution is 2.36. The Labute approximate surface area is 91.4 Å². The van der Waals surface area contributed by atoms with E-state index in [1.54, 1.807) is 7.11 Å². The molecule has 0 amide bonds. The Morgan fingerprint density at radius 1 is 1.40 bits per heavy atom. The smallest absolute Gasteiger partial charge is 0.121 e. The van der Waals surface area contributed by atoms with Crippen LogP contribution in [0.1, 0.15) is 30.4 Å². The van der Waals surface area contributed by atoms with Crippen molar-refractivity contribution in [2.24, 2.45) is 5.73 Å². The van der Waals surface area contributed by atoms with Crippen molar-refractivity contribution >= 4 is 0 Å². The van der Waals surface area contributed by atoms with Gasteiger partial charge in [-0.15, -0.1) is 0 Å². The number of rotatable bonds is 4. The maximum atomic E-state index is 6.06. The maximum Gasteiger partial charge on any atom is 0.121 e. The molecule has 0 aromatic heterocycles. The first-order chi connectivity index (χ1) is 7.13. The van der Waals surface area contributed by atoms with Gasteiger partial charge in [-0.3, -0.25) is 0 Å². The summed E-state index contributed by atoms with van der Waals surface area (Å²) in [5, 5.41) is 0. The minimum atomic E-state index is 0.161. The Bertz CT molecular complexity index is 356. The number of benzene rings is 1. The molecular formula is C13H19NO. The first-order valence-corrected chi connectivity index (χ1v) is 5.55. The zero-order valence-corrected chi connectivity index (χ0v) is 9.55. The highest BCUT2D eigenvalue weighted by atomic mass is 16.5. The lowest BCUT2D eigenvalue weighted by Crippen LogP contribution is -2.22. The Kier molecular flexibility index (Phi) is 2.70. The minimum absolute atomic E-state index is 0.161. The van der Waals surface area contributed by atoms with Crippen molar-refractivity contribution in [2.75, 3.05) is 7.11 Å². The van der Waals surface area contributed by atoms with Crippen molar-refractivity contribution in [2.45, 2.75) is 38.1 Å². The monoisotopic (exact) mass is 205 g/mol. The van der Waals surface area contributed by atoms with E-state index in [-0.39, 0.29) is 5.54 Å². The predicted molar refractivity (Wildman–Crippen MR) is 62.2 cm³/mol. The number of aryl methyl sites for hydroxylation is 2. The van der Waals surface area contributed by atoms with E-state index in [2.05, 4.69) is 19.1 Å². The van der Waals surface area contributed by atoms with Crippen molar-refractivity contribution in [1.29, 1.82) is 0 Å². The summed E-state index contributed by atoms with van der Waals surface area (Å²) >= 11 is 0. The summed E-state index contributed by atoms with van der Waals surface area (Å²) in [6.45, 7) is 2.08. The van der Waals surface area contributed by atoms with Crippen LogP contribution >= 0.6 is 0 Å². The Hall–Kier alpha value is -1.02. The van der Waals surface area contributed by atoms with E-state index in [1.165, 1.54) is 24.0 Å². The van der Waals surface area contributed by atoms with E-state index < -0.39 is 0 Å². The second-order valence-corrected chi connectivity index (χ2v) is 4.67. The van der Waals surface area contributed by atoms with Crippen molar-refractivity contribution < 1.29 is 4.74 Å². The van der Waals surface area contributed by atoms with Crippen LogP contribution in [-0.4, -0.2) is 12.6 Å². The molecule has 82 valence electrons. The lowest BCUT2D eigenvalue weighted by molar-refractivity contribution is 0.411. The van der Waals surface area contributed by atoms with Crippen LogP contribution in [0, 0.1) is 6.92 Å². The largest absolute Gasteiger partial charge is 0.496 e. The van der Waals surface area contributed by atoms with Crippen LogP contribution in [0.4, 0.5) is 0 Å². The topological polar surface area (TPSA) is 35.2 Å². The predicted octanol–water partition coefficient (Wildman–Crippen LogP) is 2.43. The Balaban J connectivity index is 1.99. The molecule has 0 atom stereocenters. The summed E-state index contributed by atoms with van der Waals surface area (Å²) in [5.41, 5.74) is 8.80. The molecule has 1 aromatic rings. The molecule has 0 radical (unpaired) electrons. The molecule has 2 rings (SSSR count). The third-order valence-corrected chi connectivity index (χ3v) is 3.26. The van der Waals surface area contributed by atoms with Crippen molar-refractivity contribution in [3.8, 4) is 5.75 Å². The van der Waals surface area contributed by atoms with Gasteiger partial charge in [0.2, 0.25) is 0 Å². The second kappa shape index (κ2) is 3.86. The van der Waals surface area contributed by atoms with Crippen LogP contribution in [0.2, 0.25) is 0 Å². The van der Waals surface area contributed by atoms with Gasteiger partial charge in [0.25, 0.3) is 0 Å². The van der Waals surface area contributed by atoms with Crippen LogP contribution in [0.5, 0.6) is 5.75 Å². The number of hydrogen-bond acceptors (Lipinski definition) is 2. The number of nitrogens with two attached hydrogens (primary N) is 1. The van der Waals surface area contributed by atoms with Crippen LogP contribution in [0.15, 0.2) is 18.2 Å². The van der Waals surface area contributed by atoms with Gasteiger partial charge in [0.1, 0.15) is 5.75 Å². The number of ether oxygens (including phenoxy) is 1. The van der Waals surface area contributed by atoms with Crippen molar-refractivity contribution in [3.05, 3.63) is 29.3 Å². The summed E-state index contributed by atoms with van der Waals surface area (Å²) in [6.07, 6.45) is 4.59. The Morgan fingerprint density at radius 3 is 2.67 bits per heavy atom. The van der Waals surface area contributed by atoms with Gasteiger partial charge in [0.05, 0.1) is 7.11 Å². The van der Waals surface area contributed by atoms with Crippen LogP contribution in [0.3, 0.4) is 0 Å². The minimum Gasteiger partial charge on any atom is -0.496 e. The molecule has 1 saturated carbocycles. The third kappa shape index (κ3) is 2.51. The summed E-state index contributed by atoms with van der Waals surface area (Å²) in [7, 11) is 1.71. The first kappa shape index (κ1) is 10.5. The highest BCUT2D eigenvalue weighted by Gasteiger charge is 2.37.